The second-order valence-corrected chi connectivity index (χ2v) is 5.84. The SMILES string of the molecule is CC(C)n1c(CNC(=O)[C@H](O)c2ccccc2Cl)n[nH]c1=S. The fourth-order valence-corrected chi connectivity index (χ4v) is 2.70. The number of aliphatic hydroxyl groups excluding tert-OH is 1. The minimum absolute atomic E-state index is 0.117. The van der Waals surface area contributed by atoms with Crippen molar-refractivity contribution in [3.05, 3.63) is 45.4 Å². The zero-order valence-electron chi connectivity index (χ0n) is 12.2. The maximum Gasteiger partial charge on any atom is 0.253 e. The van der Waals surface area contributed by atoms with Crippen LogP contribution < -0.4 is 5.32 Å². The molecule has 0 spiro atoms. The van der Waals surface area contributed by atoms with Gasteiger partial charge in [0.05, 0.1) is 6.54 Å². The Balaban J connectivity index is 2.08. The van der Waals surface area contributed by atoms with Gasteiger partial charge in [-0.15, -0.1) is 0 Å². The van der Waals surface area contributed by atoms with E-state index in [0.29, 0.717) is 21.2 Å². The number of nitrogens with zero attached hydrogens (tertiary/aromatic N) is 2. The van der Waals surface area contributed by atoms with Crippen LogP contribution >= 0.6 is 23.8 Å². The third kappa shape index (κ3) is 3.55. The molecule has 1 aromatic carbocycles. The summed E-state index contributed by atoms with van der Waals surface area (Å²) in [7, 11) is 0. The summed E-state index contributed by atoms with van der Waals surface area (Å²) in [6, 6.07) is 6.79. The maximum absolute atomic E-state index is 12.1. The smallest absolute Gasteiger partial charge is 0.253 e. The number of benzene rings is 1. The number of nitrogens with one attached hydrogen (secondary N) is 2. The summed E-state index contributed by atoms with van der Waals surface area (Å²) in [5.74, 6) is 0.0528. The van der Waals surface area contributed by atoms with E-state index in [1.165, 1.54) is 0 Å². The van der Waals surface area contributed by atoms with E-state index in [9.17, 15) is 9.90 Å². The van der Waals surface area contributed by atoms with Gasteiger partial charge in [0.25, 0.3) is 5.91 Å². The lowest BCUT2D eigenvalue weighted by molar-refractivity contribution is -0.129. The summed E-state index contributed by atoms with van der Waals surface area (Å²) >= 11 is 11.1. The minimum Gasteiger partial charge on any atom is -0.378 e. The average Bonchev–Trinajstić information content (AvgIpc) is 2.85. The summed E-state index contributed by atoms with van der Waals surface area (Å²) < 4.78 is 2.29. The molecule has 1 aromatic heterocycles. The number of rotatable bonds is 5. The van der Waals surface area contributed by atoms with Gasteiger partial charge in [-0.05, 0) is 32.1 Å². The lowest BCUT2D eigenvalue weighted by atomic mass is 10.1. The van der Waals surface area contributed by atoms with Crippen LogP contribution in [0.5, 0.6) is 0 Å². The Bertz CT molecular complexity index is 726. The Morgan fingerprint density at radius 3 is 2.82 bits per heavy atom. The normalized spacial score (nSPS) is 12.4. The van der Waals surface area contributed by atoms with Gasteiger partial charge >= 0.3 is 0 Å². The molecule has 1 heterocycles. The molecule has 0 aliphatic carbocycles. The van der Waals surface area contributed by atoms with Gasteiger partial charge in [0.1, 0.15) is 0 Å². The van der Waals surface area contributed by atoms with Crippen LogP contribution in [-0.2, 0) is 11.3 Å². The van der Waals surface area contributed by atoms with E-state index >= 15 is 0 Å². The number of H-pyrrole nitrogens is 1. The first-order valence-electron chi connectivity index (χ1n) is 6.77. The van der Waals surface area contributed by atoms with Gasteiger partial charge in [-0.3, -0.25) is 9.89 Å². The summed E-state index contributed by atoms with van der Waals surface area (Å²) in [6.07, 6.45) is -1.33. The highest BCUT2D eigenvalue weighted by Crippen LogP contribution is 2.22. The molecule has 2 rings (SSSR count). The summed E-state index contributed by atoms with van der Waals surface area (Å²) in [5.41, 5.74) is 0.365. The molecule has 0 saturated carbocycles. The minimum atomic E-state index is -1.33. The standard InChI is InChI=1S/C14H17ClN4O2S/c1-8(2)19-11(17-18-14(19)22)7-16-13(21)12(20)9-5-3-4-6-10(9)15/h3-6,8,12,20H,7H2,1-2H3,(H,16,21)(H,18,22)/t12-/m1/s1. The maximum atomic E-state index is 12.1. The second kappa shape index (κ2) is 7.04. The number of halogens is 1. The molecule has 1 amide bonds. The summed E-state index contributed by atoms with van der Waals surface area (Å²) in [5, 5.41) is 19.8. The summed E-state index contributed by atoms with van der Waals surface area (Å²) in [6.45, 7) is 4.09. The quantitative estimate of drug-likeness (QED) is 0.730. The van der Waals surface area contributed by atoms with Crippen LogP contribution in [0, 0.1) is 4.77 Å². The van der Waals surface area contributed by atoms with Crippen LogP contribution in [0.25, 0.3) is 0 Å². The van der Waals surface area contributed by atoms with Gasteiger partial charge in [0, 0.05) is 16.6 Å². The van der Waals surface area contributed by atoms with Gasteiger partial charge in [-0.2, -0.15) is 5.10 Å². The molecule has 0 unspecified atom stereocenters. The Labute approximate surface area is 138 Å². The molecule has 0 aliphatic heterocycles. The largest absolute Gasteiger partial charge is 0.378 e. The molecule has 2 aromatic rings. The van der Waals surface area contributed by atoms with Crippen LogP contribution in [0.4, 0.5) is 0 Å². The highest BCUT2D eigenvalue weighted by molar-refractivity contribution is 7.71. The lowest BCUT2D eigenvalue weighted by Crippen LogP contribution is -2.30. The molecule has 0 radical (unpaired) electrons. The van der Waals surface area contributed by atoms with Crippen molar-refractivity contribution in [2.75, 3.05) is 0 Å². The third-order valence-electron chi connectivity index (χ3n) is 3.16. The number of carbonyl (C=O) groups excluding carboxylic acids is 1. The molecule has 22 heavy (non-hydrogen) atoms. The van der Waals surface area contributed by atoms with Crippen molar-refractivity contribution < 1.29 is 9.90 Å². The number of amides is 1. The van der Waals surface area contributed by atoms with Crippen LogP contribution in [-0.4, -0.2) is 25.8 Å². The van der Waals surface area contributed by atoms with Crippen molar-refractivity contribution in [3.8, 4) is 0 Å². The van der Waals surface area contributed by atoms with Gasteiger partial charge < -0.3 is 15.0 Å². The van der Waals surface area contributed by atoms with Gasteiger partial charge in [0.2, 0.25) is 0 Å². The Morgan fingerprint density at radius 2 is 2.18 bits per heavy atom. The zero-order valence-corrected chi connectivity index (χ0v) is 13.8. The topological polar surface area (TPSA) is 82.9 Å². The van der Waals surface area contributed by atoms with Crippen molar-refractivity contribution in [1.82, 2.24) is 20.1 Å². The van der Waals surface area contributed by atoms with Crippen molar-refractivity contribution in [1.29, 1.82) is 0 Å². The number of aromatic amines is 1. The van der Waals surface area contributed by atoms with Crippen molar-refractivity contribution >= 4 is 29.7 Å². The van der Waals surface area contributed by atoms with Crippen molar-refractivity contribution in [2.45, 2.75) is 32.5 Å². The molecule has 3 N–H and O–H groups in total. The Kier molecular flexibility index (Phi) is 5.33. The fraction of sp³-hybridized carbons (Fsp3) is 0.357. The van der Waals surface area contributed by atoms with Crippen molar-refractivity contribution in [2.24, 2.45) is 0 Å². The highest BCUT2D eigenvalue weighted by atomic mass is 35.5. The number of aromatic nitrogens is 3. The monoisotopic (exact) mass is 340 g/mol. The molecule has 6 nitrogen and oxygen atoms in total. The van der Waals surface area contributed by atoms with Gasteiger partial charge in [0.15, 0.2) is 16.7 Å². The number of aliphatic hydroxyl groups is 1. The van der Waals surface area contributed by atoms with E-state index in [1.807, 2.05) is 13.8 Å². The second-order valence-electron chi connectivity index (χ2n) is 5.05. The number of carbonyl (C=O) groups is 1. The van der Waals surface area contributed by atoms with Gasteiger partial charge in [-0.25, -0.2) is 0 Å². The molecule has 118 valence electrons. The van der Waals surface area contributed by atoms with E-state index in [0.717, 1.165) is 0 Å². The van der Waals surface area contributed by atoms with E-state index in [2.05, 4.69) is 15.5 Å². The molecule has 0 fully saturated rings. The van der Waals surface area contributed by atoms with Crippen LogP contribution in [0.1, 0.15) is 37.4 Å². The molecular weight excluding hydrogens is 324 g/mol. The molecule has 8 heteroatoms. The number of hydrogen-bond donors (Lipinski definition) is 3. The van der Waals surface area contributed by atoms with E-state index in [1.54, 1.807) is 28.8 Å². The predicted molar refractivity (Wildman–Crippen MR) is 86.1 cm³/mol. The first-order valence-corrected chi connectivity index (χ1v) is 7.56. The summed E-state index contributed by atoms with van der Waals surface area (Å²) in [4.78, 5) is 12.1. The van der Waals surface area contributed by atoms with Crippen LogP contribution in [0.15, 0.2) is 24.3 Å². The predicted octanol–water partition coefficient (Wildman–Crippen LogP) is 2.52. The first-order chi connectivity index (χ1) is 10.4. The molecule has 0 aliphatic rings. The van der Waals surface area contributed by atoms with E-state index in [4.69, 9.17) is 23.8 Å². The van der Waals surface area contributed by atoms with Crippen LogP contribution in [0.3, 0.4) is 0 Å². The molecular formula is C14H17ClN4O2S. The highest BCUT2D eigenvalue weighted by Gasteiger charge is 2.20. The lowest BCUT2D eigenvalue weighted by Gasteiger charge is -2.14. The first kappa shape index (κ1) is 16.7. The van der Waals surface area contributed by atoms with Gasteiger partial charge in [-0.1, -0.05) is 29.8 Å². The average molecular weight is 341 g/mol. The third-order valence-corrected chi connectivity index (χ3v) is 3.79. The van der Waals surface area contributed by atoms with E-state index < -0.39 is 12.0 Å². The molecule has 0 saturated heterocycles. The number of hydrogen-bond acceptors (Lipinski definition) is 4. The van der Waals surface area contributed by atoms with E-state index in [-0.39, 0.29) is 12.6 Å². The van der Waals surface area contributed by atoms with Crippen molar-refractivity contribution in [3.63, 3.8) is 0 Å². The molecule has 1 atom stereocenters. The fourth-order valence-electron chi connectivity index (χ4n) is 2.10. The zero-order chi connectivity index (χ0) is 16.3. The molecule has 0 bridgehead atoms. The Hall–Kier alpha value is -1.70. The Morgan fingerprint density at radius 1 is 1.50 bits per heavy atom. The van der Waals surface area contributed by atoms with Crippen LogP contribution in [0.2, 0.25) is 5.02 Å².